The molecule has 15 heavy (non-hydrogen) atoms. The highest BCUT2D eigenvalue weighted by molar-refractivity contribution is 6.43. The molecule has 0 radical (unpaired) electrons. The first kappa shape index (κ1) is 9.65. The Kier molecular flexibility index (Phi) is 2.63. The van der Waals surface area contributed by atoms with Gasteiger partial charge in [0.1, 0.15) is 5.71 Å². The van der Waals surface area contributed by atoms with Crippen LogP contribution in [0.25, 0.3) is 5.57 Å². The highest BCUT2D eigenvalue weighted by Crippen LogP contribution is 2.18. The number of ether oxygens (including phenoxy) is 1. The predicted octanol–water partition coefficient (Wildman–Crippen LogP) is 1.70. The molecule has 0 bridgehead atoms. The Hall–Kier alpha value is -1.90. The molecule has 0 atom stereocenters. The Bertz CT molecular complexity index is 432. The first-order chi connectivity index (χ1) is 7.31. The van der Waals surface area contributed by atoms with Crippen molar-refractivity contribution in [1.29, 1.82) is 0 Å². The van der Waals surface area contributed by atoms with Crippen molar-refractivity contribution in [2.75, 3.05) is 13.7 Å². The van der Waals surface area contributed by atoms with Crippen molar-refractivity contribution in [3.63, 3.8) is 0 Å². The summed E-state index contributed by atoms with van der Waals surface area (Å²) in [4.78, 5) is 15.3. The van der Waals surface area contributed by atoms with E-state index in [-0.39, 0.29) is 5.97 Å². The number of benzene rings is 1. The Morgan fingerprint density at radius 3 is 2.73 bits per heavy atom. The zero-order chi connectivity index (χ0) is 10.7. The van der Waals surface area contributed by atoms with E-state index in [4.69, 9.17) is 0 Å². The van der Waals surface area contributed by atoms with Gasteiger partial charge in [0.2, 0.25) is 0 Å². The van der Waals surface area contributed by atoms with Gasteiger partial charge in [-0.15, -0.1) is 0 Å². The molecule has 1 aliphatic rings. The maximum Gasteiger partial charge on any atom is 0.356 e. The number of hydrogen-bond acceptors (Lipinski definition) is 3. The van der Waals surface area contributed by atoms with E-state index in [1.807, 2.05) is 30.3 Å². The van der Waals surface area contributed by atoms with Crippen LogP contribution in [-0.2, 0) is 9.53 Å². The van der Waals surface area contributed by atoms with Crippen molar-refractivity contribution >= 4 is 17.3 Å². The number of rotatable bonds is 2. The van der Waals surface area contributed by atoms with E-state index in [2.05, 4.69) is 9.73 Å². The number of hydrogen-bond donors (Lipinski definition) is 0. The van der Waals surface area contributed by atoms with E-state index in [0.717, 1.165) is 11.1 Å². The molecule has 1 aliphatic heterocycles. The number of esters is 1. The van der Waals surface area contributed by atoms with Crippen LogP contribution in [0.5, 0.6) is 0 Å². The molecule has 0 N–H and O–H groups in total. The normalized spacial score (nSPS) is 14.5. The van der Waals surface area contributed by atoms with Crippen LogP contribution < -0.4 is 0 Å². The summed E-state index contributed by atoms with van der Waals surface area (Å²) in [5.74, 6) is -0.374. The van der Waals surface area contributed by atoms with Crippen molar-refractivity contribution < 1.29 is 9.53 Å². The first-order valence-electron chi connectivity index (χ1n) is 4.70. The van der Waals surface area contributed by atoms with E-state index >= 15 is 0 Å². The van der Waals surface area contributed by atoms with Crippen molar-refractivity contribution in [3.05, 3.63) is 42.0 Å². The molecule has 0 amide bonds. The number of nitrogens with zero attached hydrogens (tertiary/aromatic N) is 1. The van der Waals surface area contributed by atoms with Crippen LogP contribution in [-0.4, -0.2) is 25.3 Å². The van der Waals surface area contributed by atoms with Gasteiger partial charge in [0.05, 0.1) is 13.7 Å². The van der Waals surface area contributed by atoms with Gasteiger partial charge in [-0.2, -0.15) is 0 Å². The average Bonchev–Trinajstić information content (AvgIpc) is 2.78. The van der Waals surface area contributed by atoms with Crippen LogP contribution in [0.2, 0.25) is 0 Å². The third kappa shape index (κ3) is 1.96. The molecule has 1 heterocycles. The Balaban J connectivity index is 2.21. The fourth-order valence-corrected chi connectivity index (χ4v) is 1.48. The lowest BCUT2D eigenvalue weighted by atomic mass is 10.1. The molecular weight excluding hydrogens is 190 g/mol. The Labute approximate surface area is 88.1 Å². The predicted molar refractivity (Wildman–Crippen MR) is 58.7 cm³/mol. The molecule has 2 rings (SSSR count). The van der Waals surface area contributed by atoms with Crippen LogP contribution in [0.3, 0.4) is 0 Å². The summed E-state index contributed by atoms with van der Waals surface area (Å²) in [6.07, 6.45) is 1.78. The van der Waals surface area contributed by atoms with Gasteiger partial charge in [-0.1, -0.05) is 30.3 Å². The molecule has 0 spiro atoms. The van der Waals surface area contributed by atoms with Crippen molar-refractivity contribution in [3.8, 4) is 0 Å². The highest BCUT2D eigenvalue weighted by Gasteiger charge is 2.16. The molecule has 0 aromatic heterocycles. The lowest BCUT2D eigenvalue weighted by molar-refractivity contribution is -0.132. The monoisotopic (exact) mass is 201 g/mol. The molecule has 0 aliphatic carbocycles. The van der Waals surface area contributed by atoms with Crippen LogP contribution in [0, 0.1) is 0 Å². The Morgan fingerprint density at radius 1 is 1.33 bits per heavy atom. The molecule has 0 saturated heterocycles. The van der Waals surface area contributed by atoms with E-state index in [9.17, 15) is 4.79 Å². The van der Waals surface area contributed by atoms with Crippen molar-refractivity contribution in [2.45, 2.75) is 0 Å². The standard InChI is InChI=1S/C12H11NO2/c1-15-12(14)11-7-10(8-13-11)9-5-3-2-4-6-9/h2-7H,8H2,1H3. The largest absolute Gasteiger partial charge is 0.464 e. The minimum Gasteiger partial charge on any atom is -0.464 e. The van der Waals surface area contributed by atoms with Crippen molar-refractivity contribution in [1.82, 2.24) is 0 Å². The summed E-state index contributed by atoms with van der Waals surface area (Å²) in [5, 5.41) is 0. The zero-order valence-corrected chi connectivity index (χ0v) is 8.43. The second-order valence-electron chi connectivity index (χ2n) is 3.23. The summed E-state index contributed by atoms with van der Waals surface area (Å²) < 4.78 is 4.60. The van der Waals surface area contributed by atoms with Gasteiger partial charge in [0.15, 0.2) is 0 Å². The first-order valence-corrected chi connectivity index (χ1v) is 4.70. The van der Waals surface area contributed by atoms with Gasteiger partial charge in [0.25, 0.3) is 0 Å². The second kappa shape index (κ2) is 4.09. The van der Waals surface area contributed by atoms with E-state index in [0.29, 0.717) is 12.3 Å². The maximum absolute atomic E-state index is 11.2. The van der Waals surface area contributed by atoms with Crippen LogP contribution >= 0.6 is 0 Å². The molecule has 1 aromatic rings. The minimum atomic E-state index is -0.374. The quantitative estimate of drug-likeness (QED) is 0.683. The van der Waals surface area contributed by atoms with Gasteiger partial charge in [-0.05, 0) is 17.2 Å². The second-order valence-corrected chi connectivity index (χ2v) is 3.23. The third-order valence-corrected chi connectivity index (χ3v) is 2.27. The molecule has 0 unspecified atom stereocenters. The van der Waals surface area contributed by atoms with Gasteiger partial charge in [-0.3, -0.25) is 4.99 Å². The van der Waals surface area contributed by atoms with Crippen LogP contribution in [0.15, 0.2) is 41.4 Å². The van der Waals surface area contributed by atoms with Gasteiger partial charge in [0, 0.05) is 0 Å². The molecular formula is C12H11NO2. The van der Waals surface area contributed by atoms with E-state index < -0.39 is 0 Å². The number of carbonyl (C=O) groups is 1. The lowest BCUT2D eigenvalue weighted by Gasteiger charge is -1.98. The molecule has 1 aromatic carbocycles. The van der Waals surface area contributed by atoms with Gasteiger partial charge < -0.3 is 4.74 Å². The fourth-order valence-electron chi connectivity index (χ4n) is 1.48. The Morgan fingerprint density at radius 2 is 2.07 bits per heavy atom. The van der Waals surface area contributed by atoms with Crippen LogP contribution in [0.1, 0.15) is 5.56 Å². The third-order valence-electron chi connectivity index (χ3n) is 2.27. The molecule has 0 fully saturated rings. The summed E-state index contributed by atoms with van der Waals surface area (Å²) in [7, 11) is 1.36. The zero-order valence-electron chi connectivity index (χ0n) is 8.43. The average molecular weight is 201 g/mol. The summed E-state index contributed by atoms with van der Waals surface area (Å²) in [6.45, 7) is 0.550. The summed E-state index contributed by atoms with van der Waals surface area (Å²) in [6, 6.07) is 9.89. The molecule has 76 valence electrons. The maximum atomic E-state index is 11.2. The van der Waals surface area contributed by atoms with Crippen LogP contribution in [0.4, 0.5) is 0 Å². The number of aliphatic imine (C=N–C) groups is 1. The van der Waals surface area contributed by atoms with E-state index in [1.165, 1.54) is 7.11 Å². The highest BCUT2D eigenvalue weighted by atomic mass is 16.5. The van der Waals surface area contributed by atoms with Crippen molar-refractivity contribution in [2.24, 2.45) is 4.99 Å². The fraction of sp³-hybridized carbons (Fsp3) is 0.167. The SMILES string of the molecule is COC(=O)C1=NCC(c2ccccc2)=C1. The molecule has 3 heteroatoms. The lowest BCUT2D eigenvalue weighted by Crippen LogP contribution is -2.11. The summed E-state index contributed by atoms with van der Waals surface area (Å²) in [5.41, 5.74) is 2.55. The molecule has 0 saturated carbocycles. The van der Waals surface area contributed by atoms with Gasteiger partial charge >= 0.3 is 5.97 Å². The summed E-state index contributed by atoms with van der Waals surface area (Å²) >= 11 is 0. The smallest absolute Gasteiger partial charge is 0.356 e. The van der Waals surface area contributed by atoms with Gasteiger partial charge in [-0.25, -0.2) is 4.79 Å². The number of carbonyl (C=O) groups excluding carboxylic acids is 1. The minimum absolute atomic E-state index is 0.374. The van der Waals surface area contributed by atoms with E-state index in [1.54, 1.807) is 6.08 Å². The number of methoxy groups -OCH3 is 1. The molecule has 3 nitrogen and oxygen atoms in total. The topological polar surface area (TPSA) is 38.7 Å².